The van der Waals surface area contributed by atoms with E-state index in [-0.39, 0.29) is 36.2 Å². The summed E-state index contributed by atoms with van der Waals surface area (Å²) < 4.78 is 37.9. The Bertz CT molecular complexity index is 1060. The van der Waals surface area contributed by atoms with Crippen molar-refractivity contribution in [1.29, 1.82) is 0 Å². The number of nitrogens with one attached hydrogen (secondary N) is 1. The van der Waals surface area contributed by atoms with Gasteiger partial charge in [0.25, 0.3) is 5.91 Å². The van der Waals surface area contributed by atoms with Gasteiger partial charge in [-0.25, -0.2) is 17.8 Å². The summed E-state index contributed by atoms with van der Waals surface area (Å²) in [6.07, 6.45) is 2.56. The molecule has 8 nitrogen and oxygen atoms in total. The average Bonchev–Trinajstić information content (AvgIpc) is 3.18. The normalized spacial score (nSPS) is 19.9. The van der Waals surface area contributed by atoms with Gasteiger partial charge in [0.2, 0.25) is 5.91 Å². The quantitative estimate of drug-likeness (QED) is 0.833. The number of H-pyrrole nitrogens is 1. The van der Waals surface area contributed by atoms with Crippen LogP contribution in [0.5, 0.6) is 0 Å². The lowest BCUT2D eigenvalue weighted by Crippen LogP contribution is -2.53. The van der Waals surface area contributed by atoms with Crippen LogP contribution in [0.15, 0.2) is 12.4 Å². The van der Waals surface area contributed by atoms with Crippen LogP contribution in [-0.2, 0) is 21.2 Å². The second kappa shape index (κ2) is 6.01. The number of nitrogens with zero attached hydrogens (tertiary/aromatic N) is 3. The minimum absolute atomic E-state index is 0.0658. The second-order valence-electron chi connectivity index (χ2n) is 7.31. The van der Waals surface area contributed by atoms with Crippen molar-refractivity contribution in [3.63, 3.8) is 0 Å². The monoisotopic (exact) mass is 394 g/mol. The molecule has 0 aromatic carbocycles. The Balaban J connectivity index is 1.73. The molecule has 2 amide bonds. The predicted molar refractivity (Wildman–Crippen MR) is 94.9 cm³/mol. The third-order valence-electron chi connectivity index (χ3n) is 5.13. The van der Waals surface area contributed by atoms with Crippen LogP contribution in [0.1, 0.15) is 29.8 Å². The number of halogens is 1. The fourth-order valence-electron chi connectivity index (χ4n) is 3.84. The van der Waals surface area contributed by atoms with Crippen LogP contribution in [0.4, 0.5) is 4.39 Å². The Labute approximate surface area is 155 Å². The van der Waals surface area contributed by atoms with E-state index in [1.165, 1.54) is 16.0 Å². The molecule has 2 aliphatic heterocycles. The summed E-state index contributed by atoms with van der Waals surface area (Å²) in [6.45, 7) is 3.61. The van der Waals surface area contributed by atoms with E-state index in [0.29, 0.717) is 16.6 Å². The molecule has 1 atom stereocenters. The van der Waals surface area contributed by atoms with Gasteiger partial charge < -0.3 is 14.8 Å². The number of rotatable bonds is 3. The highest BCUT2D eigenvalue weighted by molar-refractivity contribution is 7.91. The number of hydrogen-bond acceptors (Lipinski definition) is 5. The Hall–Kier alpha value is -2.49. The fraction of sp³-hybridized carbons (Fsp3) is 0.471. The van der Waals surface area contributed by atoms with Crippen LogP contribution in [0.2, 0.25) is 0 Å². The van der Waals surface area contributed by atoms with E-state index in [0.717, 1.165) is 6.20 Å². The van der Waals surface area contributed by atoms with E-state index < -0.39 is 33.5 Å². The number of aromatic amines is 1. The highest BCUT2D eigenvalue weighted by atomic mass is 32.2. The summed E-state index contributed by atoms with van der Waals surface area (Å²) >= 11 is 0. The van der Waals surface area contributed by atoms with Crippen molar-refractivity contribution in [2.24, 2.45) is 5.92 Å². The third kappa shape index (κ3) is 2.78. The van der Waals surface area contributed by atoms with Gasteiger partial charge in [0.1, 0.15) is 23.4 Å². The minimum Gasteiger partial charge on any atom is -0.345 e. The number of sulfone groups is 1. The molecular formula is C17H19FN4O4S. The van der Waals surface area contributed by atoms with E-state index >= 15 is 0 Å². The first-order chi connectivity index (χ1) is 12.7. The van der Waals surface area contributed by atoms with Gasteiger partial charge in [0.05, 0.1) is 24.1 Å². The van der Waals surface area contributed by atoms with Gasteiger partial charge in [-0.2, -0.15) is 0 Å². The molecule has 10 heteroatoms. The molecule has 0 radical (unpaired) electrons. The van der Waals surface area contributed by atoms with E-state index in [1.807, 2.05) is 0 Å². The molecule has 2 aromatic heterocycles. The third-order valence-corrected chi connectivity index (χ3v) is 6.64. The molecule has 0 bridgehead atoms. The summed E-state index contributed by atoms with van der Waals surface area (Å²) in [5, 5.41) is 0.440. The van der Waals surface area contributed by atoms with Crippen LogP contribution < -0.4 is 0 Å². The van der Waals surface area contributed by atoms with Crippen molar-refractivity contribution >= 4 is 32.7 Å². The molecule has 1 saturated heterocycles. The zero-order valence-electron chi connectivity index (χ0n) is 14.9. The topological polar surface area (TPSA) is 103 Å². The van der Waals surface area contributed by atoms with Crippen LogP contribution >= 0.6 is 0 Å². The van der Waals surface area contributed by atoms with E-state index in [2.05, 4.69) is 9.97 Å². The highest BCUT2D eigenvalue weighted by Crippen LogP contribution is 2.33. The van der Waals surface area contributed by atoms with Crippen LogP contribution in [0.25, 0.3) is 11.0 Å². The fourth-order valence-corrected chi connectivity index (χ4v) is 5.20. The lowest BCUT2D eigenvalue weighted by Gasteiger charge is -2.37. The molecule has 0 unspecified atom stereocenters. The highest BCUT2D eigenvalue weighted by Gasteiger charge is 2.42. The van der Waals surface area contributed by atoms with Gasteiger partial charge >= 0.3 is 0 Å². The molecular weight excluding hydrogens is 375 g/mol. The van der Waals surface area contributed by atoms with E-state index in [4.69, 9.17) is 0 Å². The zero-order valence-corrected chi connectivity index (χ0v) is 15.7. The number of carbonyl (C=O) groups is 2. The minimum atomic E-state index is -3.29. The summed E-state index contributed by atoms with van der Waals surface area (Å²) in [7, 11) is -3.29. The molecule has 0 spiro atoms. The molecule has 4 rings (SSSR count). The van der Waals surface area contributed by atoms with Gasteiger partial charge in [-0.3, -0.25) is 9.59 Å². The van der Waals surface area contributed by atoms with Gasteiger partial charge in [0.15, 0.2) is 9.84 Å². The van der Waals surface area contributed by atoms with Crippen LogP contribution in [-0.4, -0.2) is 64.2 Å². The van der Waals surface area contributed by atoms with Crippen molar-refractivity contribution in [2.75, 3.05) is 18.2 Å². The number of amides is 2. The molecule has 0 saturated carbocycles. The molecule has 1 fully saturated rings. The van der Waals surface area contributed by atoms with Crippen LogP contribution in [0.3, 0.4) is 0 Å². The smallest absolute Gasteiger partial charge is 0.257 e. The van der Waals surface area contributed by atoms with E-state index in [9.17, 15) is 22.4 Å². The van der Waals surface area contributed by atoms with Gasteiger partial charge in [-0.15, -0.1) is 0 Å². The Morgan fingerprint density at radius 2 is 2.11 bits per heavy atom. The summed E-state index contributed by atoms with van der Waals surface area (Å²) in [6, 6.07) is -0.878. The van der Waals surface area contributed by atoms with Crippen molar-refractivity contribution in [3.05, 3.63) is 29.3 Å². The van der Waals surface area contributed by atoms with Crippen molar-refractivity contribution in [3.8, 4) is 0 Å². The molecule has 1 N–H and O–H groups in total. The Morgan fingerprint density at radius 1 is 1.37 bits per heavy atom. The van der Waals surface area contributed by atoms with Crippen molar-refractivity contribution < 1.29 is 22.4 Å². The molecule has 4 heterocycles. The summed E-state index contributed by atoms with van der Waals surface area (Å²) in [4.78, 5) is 35.5. The van der Waals surface area contributed by atoms with Crippen molar-refractivity contribution in [2.45, 2.75) is 26.4 Å². The number of pyridine rings is 1. The Kier molecular flexibility index (Phi) is 3.99. The maximum absolute atomic E-state index is 14.4. The van der Waals surface area contributed by atoms with Gasteiger partial charge in [0, 0.05) is 23.7 Å². The summed E-state index contributed by atoms with van der Waals surface area (Å²) in [5.41, 5.74) is 1.00. The van der Waals surface area contributed by atoms with Gasteiger partial charge in [-0.1, -0.05) is 13.8 Å². The van der Waals surface area contributed by atoms with E-state index in [1.54, 1.807) is 13.8 Å². The Morgan fingerprint density at radius 3 is 2.74 bits per heavy atom. The molecule has 2 aliphatic rings. The lowest BCUT2D eigenvalue weighted by molar-refractivity contribution is -0.136. The number of aromatic nitrogens is 2. The average molecular weight is 394 g/mol. The first kappa shape index (κ1) is 17.9. The first-order valence-corrected chi connectivity index (χ1v) is 10.5. The standard InChI is InChI=1S/C17H19FN4O4S/c1-9(2)14(17(24)21-3-4-27(25,26)8-21)22-7-11-12(18)6-20-15-13(11)10(5-19-15)16(22)23/h5-6,9,14H,3-4,7-8H2,1-2H3,(H,19,20)/t14-/m1/s1. The van der Waals surface area contributed by atoms with Gasteiger partial charge in [-0.05, 0) is 5.92 Å². The molecule has 144 valence electrons. The first-order valence-electron chi connectivity index (χ1n) is 8.64. The SMILES string of the molecule is CC(C)[C@H](C(=O)N1CCS(=O)(=O)C1)N1Cc2c(F)cnc3[nH]cc(c23)C1=O. The largest absolute Gasteiger partial charge is 0.345 e. The molecule has 0 aliphatic carbocycles. The number of hydrogen-bond donors (Lipinski definition) is 1. The lowest BCUT2D eigenvalue weighted by atomic mass is 9.95. The van der Waals surface area contributed by atoms with Crippen LogP contribution in [0, 0.1) is 11.7 Å². The zero-order chi connectivity index (χ0) is 19.5. The maximum atomic E-state index is 14.4. The maximum Gasteiger partial charge on any atom is 0.257 e. The molecule has 27 heavy (non-hydrogen) atoms. The summed E-state index contributed by atoms with van der Waals surface area (Å²) in [5.74, 6) is -2.07. The predicted octanol–water partition coefficient (Wildman–Crippen LogP) is 0.897. The second-order valence-corrected chi connectivity index (χ2v) is 9.46. The van der Waals surface area contributed by atoms with Crippen molar-refractivity contribution in [1.82, 2.24) is 19.8 Å². The number of carbonyl (C=O) groups excluding carboxylic acids is 2. The molecule has 2 aromatic rings.